The first-order valence-electron chi connectivity index (χ1n) is 10.5. The monoisotopic (exact) mass is 379 g/mol. The number of fused-ring (bicyclic) bond motifs is 1. The van der Waals surface area contributed by atoms with Gasteiger partial charge in [-0.2, -0.15) is 0 Å². The maximum Gasteiger partial charge on any atom is 0.251 e. The third-order valence-corrected chi connectivity index (χ3v) is 6.91. The van der Waals surface area contributed by atoms with Gasteiger partial charge in [0.2, 0.25) is 0 Å². The van der Waals surface area contributed by atoms with Crippen molar-refractivity contribution in [2.45, 2.75) is 32.4 Å². The number of anilines is 2. The Morgan fingerprint density at radius 2 is 1.96 bits per heavy atom. The zero-order chi connectivity index (χ0) is 19.3. The number of aromatic amines is 1. The summed E-state index contributed by atoms with van der Waals surface area (Å²) in [6.07, 6.45) is 1.23. The van der Waals surface area contributed by atoms with Crippen LogP contribution in [0.5, 0.6) is 0 Å². The van der Waals surface area contributed by atoms with E-state index in [1.54, 1.807) is 6.07 Å². The fourth-order valence-corrected chi connectivity index (χ4v) is 5.36. The molecule has 0 radical (unpaired) electrons. The summed E-state index contributed by atoms with van der Waals surface area (Å²) in [6.45, 7) is 7.89. The Labute approximate surface area is 166 Å². The van der Waals surface area contributed by atoms with Gasteiger partial charge in [-0.15, -0.1) is 0 Å². The number of rotatable bonds is 4. The molecule has 28 heavy (non-hydrogen) atoms. The Balaban J connectivity index is 1.43. The highest BCUT2D eigenvalue weighted by Gasteiger charge is 2.58. The van der Waals surface area contributed by atoms with Crippen molar-refractivity contribution in [2.75, 3.05) is 36.0 Å². The van der Waals surface area contributed by atoms with Crippen molar-refractivity contribution < 1.29 is 4.74 Å². The van der Waals surface area contributed by atoms with Gasteiger partial charge in [0.1, 0.15) is 5.82 Å². The molecule has 148 valence electrons. The van der Waals surface area contributed by atoms with Crippen LogP contribution in [0.4, 0.5) is 11.5 Å². The highest BCUT2D eigenvalue weighted by atomic mass is 16.5. The van der Waals surface area contributed by atoms with Gasteiger partial charge >= 0.3 is 0 Å². The summed E-state index contributed by atoms with van der Waals surface area (Å²) in [7, 11) is 0. The van der Waals surface area contributed by atoms with E-state index in [2.05, 4.69) is 65.0 Å². The molecule has 1 aromatic heterocycles. The molecular weight excluding hydrogens is 350 g/mol. The molecule has 5 atom stereocenters. The number of benzene rings is 1. The van der Waals surface area contributed by atoms with Gasteiger partial charge in [0.05, 0.1) is 12.7 Å². The van der Waals surface area contributed by atoms with Gasteiger partial charge < -0.3 is 19.5 Å². The van der Waals surface area contributed by atoms with Crippen LogP contribution in [-0.2, 0) is 11.2 Å². The zero-order valence-corrected chi connectivity index (χ0v) is 16.7. The summed E-state index contributed by atoms with van der Waals surface area (Å²) in [5, 5.41) is 0. The lowest BCUT2D eigenvalue weighted by molar-refractivity contribution is 0.0532. The van der Waals surface area contributed by atoms with Gasteiger partial charge in [0.15, 0.2) is 0 Å². The molecule has 0 bridgehead atoms. The van der Waals surface area contributed by atoms with Crippen LogP contribution < -0.4 is 15.4 Å². The predicted octanol–water partition coefficient (Wildman–Crippen LogP) is 2.91. The normalized spacial score (nSPS) is 31.7. The Bertz CT molecular complexity index is 896. The largest absolute Gasteiger partial charge is 0.375 e. The second kappa shape index (κ2) is 6.96. The van der Waals surface area contributed by atoms with Crippen LogP contribution in [0, 0.1) is 17.8 Å². The van der Waals surface area contributed by atoms with E-state index in [4.69, 9.17) is 4.74 Å². The summed E-state index contributed by atoms with van der Waals surface area (Å²) in [6, 6.07) is 15.1. The van der Waals surface area contributed by atoms with E-state index in [1.807, 2.05) is 0 Å². The van der Waals surface area contributed by atoms with E-state index in [0.717, 1.165) is 55.3 Å². The van der Waals surface area contributed by atoms with Crippen molar-refractivity contribution in [1.29, 1.82) is 0 Å². The van der Waals surface area contributed by atoms with Crippen molar-refractivity contribution in [3.05, 3.63) is 58.4 Å². The molecule has 5 rings (SSSR count). The van der Waals surface area contributed by atoms with Crippen molar-refractivity contribution in [2.24, 2.45) is 17.8 Å². The Hall–Kier alpha value is -2.27. The minimum Gasteiger partial charge on any atom is -0.375 e. The van der Waals surface area contributed by atoms with Crippen LogP contribution in [0.25, 0.3) is 0 Å². The summed E-state index contributed by atoms with van der Waals surface area (Å²) < 4.78 is 5.67. The van der Waals surface area contributed by atoms with Crippen molar-refractivity contribution >= 4 is 11.5 Å². The van der Waals surface area contributed by atoms with Gasteiger partial charge in [-0.1, -0.05) is 37.3 Å². The molecule has 2 aliphatic heterocycles. The van der Waals surface area contributed by atoms with E-state index in [1.165, 1.54) is 5.56 Å². The highest BCUT2D eigenvalue weighted by molar-refractivity contribution is 5.57. The van der Waals surface area contributed by atoms with Gasteiger partial charge in [-0.05, 0) is 36.7 Å². The van der Waals surface area contributed by atoms with E-state index in [0.29, 0.717) is 12.6 Å². The molecule has 1 saturated carbocycles. The molecule has 1 N–H and O–H groups in total. The highest BCUT2D eigenvalue weighted by Crippen LogP contribution is 2.56. The van der Waals surface area contributed by atoms with Crippen molar-refractivity contribution in [3.63, 3.8) is 0 Å². The van der Waals surface area contributed by atoms with E-state index in [9.17, 15) is 4.79 Å². The number of pyridine rings is 1. The van der Waals surface area contributed by atoms with Crippen LogP contribution in [0.1, 0.15) is 19.4 Å². The molecule has 3 heterocycles. The molecule has 2 aromatic rings. The molecule has 1 aliphatic carbocycles. The zero-order valence-electron chi connectivity index (χ0n) is 16.7. The number of ether oxygens (including phenoxy) is 1. The Morgan fingerprint density at radius 3 is 2.75 bits per heavy atom. The molecule has 1 aromatic carbocycles. The maximum absolute atomic E-state index is 12.5. The first kappa shape index (κ1) is 17.8. The topological polar surface area (TPSA) is 48.6 Å². The molecule has 2 unspecified atom stereocenters. The molecule has 3 aliphatic rings. The number of hydrogen-bond acceptors (Lipinski definition) is 4. The standard InChI is InChI=1S/C23H29N3O2/c1-15-13-25(8-9-28-15)18-11-21(24-22(27)12-18)26-14-19-16(2)23(19)20(26)10-17-6-4-3-5-7-17/h3-7,11-12,15-16,19-20,23H,8-10,13-14H2,1-2H3,(H,24,27)/t15-,16-,19?,20-,23?/m1/s1. The first-order valence-corrected chi connectivity index (χ1v) is 10.5. The summed E-state index contributed by atoms with van der Waals surface area (Å²) in [5.74, 6) is 3.25. The molecule has 5 heteroatoms. The smallest absolute Gasteiger partial charge is 0.251 e. The molecule has 5 nitrogen and oxygen atoms in total. The molecule has 0 spiro atoms. The minimum absolute atomic E-state index is 0.0151. The number of nitrogens with one attached hydrogen (secondary N) is 1. The van der Waals surface area contributed by atoms with Gasteiger partial charge in [0.25, 0.3) is 5.56 Å². The maximum atomic E-state index is 12.5. The Morgan fingerprint density at radius 1 is 1.14 bits per heavy atom. The van der Waals surface area contributed by atoms with E-state index in [-0.39, 0.29) is 11.7 Å². The predicted molar refractivity (Wildman–Crippen MR) is 112 cm³/mol. The second-order valence-corrected chi connectivity index (χ2v) is 8.73. The number of nitrogens with zero attached hydrogens (tertiary/aromatic N) is 2. The van der Waals surface area contributed by atoms with Crippen molar-refractivity contribution in [1.82, 2.24) is 4.98 Å². The fraction of sp³-hybridized carbons (Fsp3) is 0.522. The third-order valence-electron chi connectivity index (χ3n) is 6.91. The number of piperidine rings is 1. The Kier molecular flexibility index (Phi) is 4.43. The lowest BCUT2D eigenvalue weighted by Gasteiger charge is -2.34. The quantitative estimate of drug-likeness (QED) is 0.887. The first-order chi connectivity index (χ1) is 13.6. The van der Waals surface area contributed by atoms with Gasteiger partial charge in [0, 0.05) is 43.5 Å². The van der Waals surface area contributed by atoms with E-state index < -0.39 is 0 Å². The van der Waals surface area contributed by atoms with Crippen molar-refractivity contribution in [3.8, 4) is 0 Å². The van der Waals surface area contributed by atoms with Crippen LogP contribution >= 0.6 is 0 Å². The third kappa shape index (κ3) is 3.22. The minimum atomic E-state index is -0.0151. The van der Waals surface area contributed by atoms with Crippen LogP contribution in [-0.4, -0.2) is 43.4 Å². The number of aromatic nitrogens is 1. The second-order valence-electron chi connectivity index (χ2n) is 8.73. The summed E-state index contributed by atoms with van der Waals surface area (Å²) in [4.78, 5) is 20.3. The summed E-state index contributed by atoms with van der Waals surface area (Å²) >= 11 is 0. The van der Waals surface area contributed by atoms with Crippen LogP contribution in [0.15, 0.2) is 47.3 Å². The molecule has 0 amide bonds. The fourth-order valence-electron chi connectivity index (χ4n) is 5.36. The average molecular weight is 380 g/mol. The number of morpholine rings is 1. The van der Waals surface area contributed by atoms with Crippen LogP contribution in [0.3, 0.4) is 0 Å². The lowest BCUT2D eigenvalue weighted by Crippen LogP contribution is -2.42. The van der Waals surface area contributed by atoms with Gasteiger partial charge in [-0.3, -0.25) is 4.79 Å². The summed E-state index contributed by atoms with van der Waals surface area (Å²) in [5.41, 5.74) is 2.37. The average Bonchev–Trinajstić information content (AvgIpc) is 3.16. The number of H-pyrrole nitrogens is 1. The molecule has 2 saturated heterocycles. The molecular formula is C23H29N3O2. The van der Waals surface area contributed by atoms with E-state index >= 15 is 0 Å². The van der Waals surface area contributed by atoms with Gasteiger partial charge in [-0.25, -0.2) is 0 Å². The van der Waals surface area contributed by atoms with Crippen LogP contribution in [0.2, 0.25) is 0 Å². The SMILES string of the molecule is C[C@@H]1C2CN(c3cc(N4CCO[C@H](C)C4)cc(=O)[nH]3)[C@H](Cc3ccccc3)C21. The molecule has 3 fully saturated rings. The number of hydrogen-bond donors (Lipinski definition) is 1. The lowest BCUT2D eigenvalue weighted by atomic mass is 10.0.